The van der Waals surface area contributed by atoms with Crippen LogP contribution < -0.4 is 5.32 Å². The molecule has 0 bridgehead atoms. The van der Waals surface area contributed by atoms with E-state index in [0.717, 1.165) is 11.1 Å². The van der Waals surface area contributed by atoms with Gasteiger partial charge in [-0.1, -0.05) is 43.0 Å². The number of Topliss-reactive ketones (excluding diaryl/α,β-unsaturated/α-hetero) is 1. The fourth-order valence-corrected chi connectivity index (χ4v) is 2.06. The molecule has 1 amide bonds. The Hall–Kier alpha value is -2.07. The minimum atomic E-state index is -0.388. The molecule has 2 rings (SSSR count). The van der Waals surface area contributed by atoms with E-state index in [2.05, 4.69) is 24.5 Å². The minimum Gasteiger partial charge on any atom is -0.326 e. The molecule has 20 heavy (non-hydrogen) atoms. The lowest BCUT2D eigenvalue weighted by atomic mass is 10.0. The van der Waals surface area contributed by atoms with Crippen molar-refractivity contribution in [2.45, 2.75) is 12.2 Å². The van der Waals surface area contributed by atoms with Crippen molar-refractivity contribution in [1.82, 2.24) is 5.32 Å². The van der Waals surface area contributed by atoms with Crippen molar-refractivity contribution in [1.29, 1.82) is 0 Å². The highest BCUT2D eigenvalue weighted by Gasteiger charge is 2.24. The normalized spacial score (nSPS) is 17.9. The second-order valence-corrected chi connectivity index (χ2v) is 4.81. The van der Waals surface area contributed by atoms with Gasteiger partial charge in [-0.05, 0) is 17.2 Å². The molecule has 0 radical (unpaired) electrons. The summed E-state index contributed by atoms with van der Waals surface area (Å²) in [6, 6.07) is 7.90. The smallest absolute Gasteiger partial charge is 0.259 e. The van der Waals surface area contributed by atoms with Crippen molar-refractivity contribution >= 4 is 30.4 Å². The van der Waals surface area contributed by atoms with Gasteiger partial charge < -0.3 is 5.32 Å². The lowest BCUT2D eigenvalue weighted by Crippen LogP contribution is -2.34. The second-order valence-electron chi connectivity index (χ2n) is 4.50. The number of benzene rings is 1. The standard InChI is InChI=1S/C16H15NO2S/c1-11-9-15(18)14(16(19)17-11)4-2-3-12-5-7-13(10-20)8-6-12/h2-8,20H,1,9-10H2,(H,17,19)/b3-2+,14-4+. The van der Waals surface area contributed by atoms with Gasteiger partial charge in [0, 0.05) is 11.4 Å². The van der Waals surface area contributed by atoms with Crippen LogP contribution in [0.25, 0.3) is 6.08 Å². The van der Waals surface area contributed by atoms with Crippen molar-refractivity contribution in [3.05, 3.63) is 65.4 Å². The third kappa shape index (κ3) is 3.48. The van der Waals surface area contributed by atoms with Crippen LogP contribution in [0, 0.1) is 0 Å². The summed E-state index contributed by atoms with van der Waals surface area (Å²) in [4.78, 5) is 23.3. The lowest BCUT2D eigenvalue weighted by molar-refractivity contribution is -0.123. The van der Waals surface area contributed by atoms with E-state index in [1.807, 2.05) is 30.3 Å². The molecular weight excluding hydrogens is 270 g/mol. The Balaban J connectivity index is 2.10. The molecule has 1 saturated heterocycles. The highest BCUT2D eigenvalue weighted by Crippen LogP contribution is 2.13. The Labute approximate surface area is 123 Å². The van der Waals surface area contributed by atoms with E-state index in [-0.39, 0.29) is 23.7 Å². The number of hydrogen-bond donors (Lipinski definition) is 2. The zero-order chi connectivity index (χ0) is 14.5. The average molecular weight is 285 g/mol. The Bertz CT molecular complexity index is 590. The average Bonchev–Trinajstić information content (AvgIpc) is 2.42. The number of nitrogens with one attached hydrogen (secondary N) is 1. The van der Waals surface area contributed by atoms with Gasteiger partial charge in [-0.3, -0.25) is 9.59 Å². The van der Waals surface area contributed by atoms with Gasteiger partial charge in [-0.2, -0.15) is 12.6 Å². The van der Waals surface area contributed by atoms with E-state index < -0.39 is 0 Å². The molecule has 0 aromatic heterocycles. The summed E-state index contributed by atoms with van der Waals surface area (Å²) in [6.07, 6.45) is 5.26. The molecule has 1 N–H and O–H groups in total. The van der Waals surface area contributed by atoms with Gasteiger partial charge in [0.2, 0.25) is 0 Å². The van der Waals surface area contributed by atoms with Gasteiger partial charge in [0.1, 0.15) is 0 Å². The summed E-state index contributed by atoms with van der Waals surface area (Å²) in [7, 11) is 0. The van der Waals surface area contributed by atoms with Gasteiger partial charge in [0.25, 0.3) is 5.91 Å². The number of carbonyl (C=O) groups excluding carboxylic acids is 2. The van der Waals surface area contributed by atoms with E-state index in [1.54, 1.807) is 6.08 Å². The van der Waals surface area contributed by atoms with Crippen LogP contribution in [0.3, 0.4) is 0 Å². The highest BCUT2D eigenvalue weighted by molar-refractivity contribution is 7.79. The molecule has 1 aliphatic rings. The molecule has 0 saturated carbocycles. The summed E-state index contributed by atoms with van der Waals surface area (Å²) in [5.41, 5.74) is 2.76. The first-order valence-electron chi connectivity index (χ1n) is 6.20. The number of thiol groups is 1. The molecule has 0 spiro atoms. The Morgan fingerprint density at radius 1 is 1.25 bits per heavy atom. The molecule has 1 aliphatic heterocycles. The van der Waals surface area contributed by atoms with E-state index in [4.69, 9.17) is 0 Å². The number of piperidine rings is 1. The number of amides is 1. The maximum atomic E-state index is 11.7. The quantitative estimate of drug-likeness (QED) is 0.509. The maximum Gasteiger partial charge on any atom is 0.259 e. The predicted molar refractivity (Wildman–Crippen MR) is 83.2 cm³/mol. The molecular formula is C16H15NO2S. The Kier molecular flexibility index (Phi) is 4.58. The van der Waals surface area contributed by atoms with Crippen LogP contribution in [-0.4, -0.2) is 11.7 Å². The van der Waals surface area contributed by atoms with Crippen molar-refractivity contribution < 1.29 is 9.59 Å². The van der Waals surface area contributed by atoms with E-state index >= 15 is 0 Å². The number of ketones is 1. The Morgan fingerprint density at radius 3 is 2.55 bits per heavy atom. The van der Waals surface area contributed by atoms with E-state index in [0.29, 0.717) is 11.4 Å². The van der Waals surface area contributed by atoms with Gasteiger partial charge in [0.05, 0.1) is 12.0 Å². The molecule has 1 aromatic carbocycles. The van der Waals surface area contributed by atoms with Crippen molar-refractivity contribution in [2.24, 2.45) is 0 Å². The zero-order valence-electron chi connectivity index (χ0n) is 10.9. The largest absolute Gasteiger partial charge is 0.326 e. The first kappa shape index (κ1) is 14.3. The van der Waals surface area contributed by atoms with Crippen molar-refractivity contribution in [3.63, 3.8) is 0 Å². The van der Waals surface area contributed by atoms with Crippen LogP contribution in [0.4, 0.5) is 0 Å². The van der Waals surface area contributed by atoms with Crippen LogP contribution in [-0.2, 0) is 15.3 Å². The van der Waals surface area contributed by atoms with Gasteiger partial charge in [-0.15, -0.1) is 0 Å². The van der Waals surface area contributed by atoms with Crippen molar-refractivity contribution in [2.75, 3.05) is 0 Å². The molecule has 1 fully saturated rings. The minimum absolute atomic E-state index is 0.167. The number of allylic oxidation sites excluding steroid dienone is 3. The summed E-state index contributed by atoms with van der Waals surface area (Å²) in [5.74, 6) is 0.113. The molecule has 1 aromatic rings. The van der Waals surface area contributed by atoms with Crippen LogP contribution in [0.15, 0.2) is 54.3 Å². The maximum absolute atomic E-state index is 11.7. The summed E-state index contributed by atoms with van der Waals surface area (Å²) >= 11 is 4.19. The third-order valence-corrected chi connectivity index (χ3v) is 3.29. The lowest BCUT2D eigenvalue weighted by Gasteiger charge is -2.15. The van der Waals surface area contributed by atoms with E-state index in [9.17, 15) is 9.59 Å². The predicted octanol–water partition coefficient (Wildman–Crippen LogP) is 2.66. The molecule has 3 nitrogen and oxygen atoms in total. The first-order chi connectivity index (χ1) is 9.60. The molecule has 0 aliphatic carbocycles. The summed E-state index contributed by atoms with van der Waals surface area (Å²) < 4.78 is 0. The highest BCUT2D eigenvalue weighted by atomic mass is 32.1. The monoisotopic (exact) mass is 285 g/mol. The topological polar surface area (TPSA) is 46.2 Å². The SMILES string of the molecule is C=C1CC(=O)/C(=C\C=C\c2ccc(CS)cc2)C(=O)N1. The molecule has 102 valence electrons. The van der Waals surface area contributed by atoms with Crippen LogP contribution >= 0.6 is 12.6 Å². The van der Waals surface area contributed by atoms with E-state index in [1.165, 1.54) is 6.08 Å². The van der Waals surface area contributed by atoms with Gasteiger partial charge in [-0.25, -0.2) is 0 Å². The third-order valence-electron chi connectivity index (χ3n) is 2.92. The molecule has 0 unspecified atom stereocenters. The van der Waals surface area contributed by atoms with Crippen LogP contribution in [0.2, 0.25) is 0 Å². The number of hydrogen-bond acceptors (Lipinski definition) is 3. The van der Waals surface area contributed by atoms with Crippen molar-refractivity contribution in [3.8, 4) is 0 Å². The molecule has 1 heterocycles. The van der Waals surface area contributed by atoms with Gasteiger partial charge >= 0.3 is 0 Å². The fraction of sp³-hybridized carbons (Fsp3) is 0.125. The Morgan fingerprint density at radius 2 is 1.95 bits per heavy atom. The van der Waals surface area contributed by atoms with Gasteiger partial charge in [0.15, 0.2) is 5.78 Å². The molecule has 4 heteroatoms. The zero-order valence-corrected chi connectivity index (χ0v) is 11.8. The first-order valence-corrected chi connectivity index (χ1v) is 6.84. The number of rotatable bonds is 3. The van der Waals surface area contributed by atoms with Crippen LogP contribution in [0.5, 0.6) is 0 Å². The molecule has 0 atom stereocenters. The summed E-state index contributed by atoms with van der Waals surface area (Å²) in [5, 5.41) is 2.56. The second kappa shape index (κ2) is 6.39. The summed E-state index contributed by atoms with van der Waals surface area (Å²) in [6.45, 7) is 3.59. The fourth-order valence-electron chi connectivity index (χ4n) is 1.85. The van der Waals surface area contributed by atoms with Crippen LogP contribution in [0.1, 0.15) is 17.5 Å². The number of carbonyl (C=O) groups is 2.